The molecule has 0 spiro atoms. The highest BCUT2D eigenvalue weighted by atomic mass is 16.4. The van der Waals surface area contributed by atoms with Crippen LogP contribution in [0.15, 0.2) is 5.10 Å². The lowest BCUT2D eigenvalue weighted by Gasteiger charge is -2.40. The van der Waals surface area contributed by atoms with Crippen molar-refractivity contribution in [3.05, 3.63) is 0 Å². The predicted molar refractivity (Wildman–Crippen MR) is 68.1 cm³/mol. The number of hydrogen-bond donors (Lipinski definition) is 3. The highest BCUT2D eigenvalue weighted by Gasteiger charge is 2.55. The van der Waals surface area contributed by atoms with Gasteiger partial charge in [-0.3, -0.25) is 4.79 Å². The van der Waals surface area contributed by atoms with Crippen LogP contribution in [-0.2, 0) is 4.79 Å². The second-order valence-electron chi connectivity index (χ2n) is 5.66. The number of urea groups is 1. The van der Waals surface area contributed by atoms with Crippen molar-refractivity contribution in [3.8, 4) is 0 Å². The van der Waals surface area contributed by atoms with Gasteiger partial charge in [-0.25, -0.2) is 10.2 Å². The number of hydrogen-bond acceptors (Lipinski definition) is 3. The number of nitrogens with one attached hydrogen (secondary N) is 1. The molecule has 2 amide bonds. The number of aliphatic carboxylic acids is 1. The second-order valence-corrected chi connectivity index (χ2v) is 5.66. The molecule has 102 valence electrons. The number of carboxylic acid groups (broad SMARTS) is 1. The Balaban J connectivity index is 3.04. The zero-order chi connectivity index (χ0) is 14.1. The highest BCUT2D eigenvalue weighted by Crippen LogP contribution is 2.56. The van der Waals surface area contributed by atoms with Gasteiger partial charge in [-0.2, -0.15) is 5.10 Å². The summed E-state index contributed by atoms with van der Waals surface area (Å²) in [6.45, 7) is 7.64. The van der Waals surface area contributed by atoms with E-state index in [9.17, 15) is 14.7 Å². The number of amides is 2. The number of hydrazone groups is 1. The minimum Gasteiger partial charge on any atom is -0.481 e. The highest BCUT2D eigenvalue weighted by molar-refractivity contribution is 5.91. The van der Waals surface area contributed by atoms with Gasteiger partial charge in [0.1, 0.15) is 0 Å². The summed E-state index contributed by atoms with van der Waals surface area (Å²) in [5.74, 6) is -1.18. The number of primary amides is 1. The average Bonchev–Trinajstić information content (AvgIpc) is 2.47. The Morgan fingerprint density at radius 1 is 1.39 bits per heavy atom. The van der Waals surface area contributed by atoms with Crippen LogP contribution in [-0.4, -0.2) is 22.8 Å². The fraction of sp³-hybridized carbons (Fsp3) is 0.750. The van der Waals surface area contributed by atoms with E-state index in [1.807, 2.05) is 20.8 Å². The molecular weight excluding hydrogens is 234 g/mol. The molecule has 6 nitrogen and oxygen atoms in total. The molecule has 1 aliphatic carbocycles. The molecule has 1 fully saturated rings. The molecule has 0 aliphatic heterocycles. The van der Waals surface area contributed by atoms with E-state index < -0.39 is 23.3 Å². The first-order chi connectivity index (χ1) is 8.13. The maximum Gasteiger partial charge on any atom is 0.332 e. The summed E-state index contributed by atoms with van der Waals surface area (Å²) >= 11 is 0. The van der Waals surface area contributed by atoms with Crippen molar-refractivity contribution in [2.24, 2.45) is 27.6 Å². The van der Waals surface area contributed by atoms with E-state index in [0.29, 0.717) is 12.1 Å². The molecule has 0 heterocycles. The van der Waals surface area contributed by atoms with Crippen molar-refractivity contribution >= 4 is 17.7 Å². The van der Waals surface area contributed by atoms with Gasteiger partial charge in [0.2, 0.25) is 0 Å². The fourth-order valence-electron chi connectivity index (χ4n) is 2.84. The summed E-state index contributed by atoms with van der Waals surface area (Å²) < 4.78 is 0. The van der Waals surface area contributed by atoms with Gasteiger partial charge in [0, 0.05) is 11.1 Å². The van der Waals surface area contributed by atoms with E-state index in [-0.39, 0.29) is 5.41 Å². The number of nitrogens with zero attached hydrogens (tertiary/aromatic N) is 1. The van der Waals surface area contributed by atoms with Gasteiger partial charge in [-0.1, -0.05) is 20.8 Å². The van der Waals surface area contributed by atoms with Crippen LogP contribution in [0.3, 0.4) is 0 Å². The van der Waals surface area contributed by atoms with Crippen LogP contribution in [0.1, 0.15) is 40.5 Å². The average molecular weight is 255 g/mol. The van der Waals surface area contributed by atoms with Crippen LogP contribution in [0.25, 0.3) is 0 Å². The molecule has 6 heteroatoms. The molecule has 1 aliphatic rings. The molecule has 0 aromatic rings. The molecule has 18 heavy (non-hydrogen) atoms. The summed E-state index contributed by atoms with van der Waals surface area (Å²) in [6.07, 6.45) is 1.34. The van der Waals surface area contributed by atoms with E-state index in [1.165, 1.54) is 0 Å². The molecule has 4 N–H and O–H groups in total. The molecule has 0 saturated heterocycles. The Bertz CT molecular complexity index is 403. The maximum atomic E-state index is 11.3. The van der Waals surface area contributed by atoms with Gasteiger partial charge in [-0.15, -0.1) is 0 Å². The quantitative estimate of drug-likeness (QED) is 0.526. The van der Waals surface area contributed by atoms with Crippen molar-refractivity contribution in [1.82, 2.24) is 5.43 Å². The number of rotatable bonds is 3. The van der Waals surface area contributed by atoms with Gasteiger partial charge in [0.15, 0.2) is 0 Å². The number of nitrogens with two attached hydrogens (primary N) is 1. The van der Waals surface area contributed by atoms with Crippen LogP contribution in [0.4, 0.5) is 4.79 Å². The zero-order valence-electron chi connectivity index (χ0n) is 11.3. The minimum absolute atomic E-state index is 0.363. The van der Waals surface area contributed by atoms with Crippen LogP contribution < -0.4 is 11.2 Å². The van der Waals surface area contributed by atoms with Crippen molar-refractivity contribution in [1.29, 1.82) is 0 Å². The topological polar surface area (TPSA) is 105 Å². The maximum absolute atomic E-state index is 11.3. The molecule has 2 atom stereocenters. The molecule has 1 rings (SSSR count). The zero-order valence-corrected chi connectivity index (χ0v) is 11.3. The van der Waals surface area contributed by atoms with E-state index in [2.05, 4.69) is 10.5 Å². The van der Waals surface area contributed by atoms with E-state index in [4.69, 9.17) is 5.73 Å². The van der Waals surface area contributed by atoms with Gasteiger partial charge in [0.25, 0.3) is 0 Å². The Labute approximate surface area is 107 Å². The fourth-order valence-corrected chi connectivity index (χ4v) is 2.84. The first kappa shape index (κ1) is 14.5. The normalized spacial score (nSPS) is 31.1. The lowest BCUT2D eigenvalue weighted by Crippen LogP contribution is -2.42. The van der Waals surface area contributed by atoms with Crippen LogP contribution in [0, 0.1) is 16.7 Å². The molecule has 0 unspecified atom stereocenters. The minimum atomic E-state index is -0.778. The monoisotopic (exact) mass is 255 g/mol. The largest absolute Gasteiger partial charge is 0.481 e. The van der Waals surface area contributed by atoms with Gasteiger partial charge in [-0.05, 0) is 25.2 Å². The summed E-state index contributed by atoms with van der Waals surface area (Å²) in [7, 11) is 0. The van der Waals surface area contributed by atoms with Crippen LogP contribution in [0.2, 0.25) is 0 Å². The predicted octanol–water partition coefficient (Wildman–Crippen LogP) is 1.56. The Kier molecular flexibility index (Phi) is 3.69. The first-order valence-electron chi connectivity index (χ1n) is 5.96. The molecular formula is C12H21N3O3. The standard InChI is InChI=1S/C12H21N3O3/c1-7(14-15-10(13)18)12(4)6-5-8(9(16)17)11(12,2)3/h8H,5-6H2,1-4H3,(H,16,17)(H3,13,15,18)/t8-,12-/m0/s1. The number of carbonyl (C=O) groups excluding carboxylic acids is 1. The van der Waals surface area contributed by atoms with E-state index >= 15 is 0 Å². The van der Waals surface area contributed by atoms with Crippen molar-refractivity contribution in [2.75, 3.05) is 0 Å². The first-order valence-corrected chi connectivity index (χ1v) is 5.96. The number of carboxylic acids is 1. The lowest BCUT2D eigenvalue weighted by atomic mass is 9.63. The lowest BCUT2D eigenvalue weighted by molar-refractivity contribution is -0.145. The summed E-state index contributed by atoms with van der Waals surface area (Å²) in [4.78, 5) is 21.9. The smallest absolute Gasteiger partial charge is 0.332 e. The summed E-state index contributed by atoms with van der Waals surface area (Å²) in [5.41, 5.74) is 7.10. The van der Waals surface area contributed by atoms with Gasteiger partial charge >= 0.3 is 12.0 Å². The Morgan fingerprint density at radius 2 is 1.94 bits per heavy atom. The number of carbonyl (C=O) groups is 2. The molecule has 0 radical (unpaired) electrons. The third-order valence-electron chi connectivity index (χ3n) is 4.66. The van der Waals surface area contributed by atoms with E-state index in [0.717, 1.165) is 6.42 Å². The van der Waals surface area contributed by atoms with Gasteiger partial charge < -0.3 is 10.8 Å². The Hall–Kier alpha value is -1.59. The third kappa shape index (κ3) is 2.19. The molecule has 0 aromatic carbocycles. The van der Waals surface area contributed by atoms with Crippen molar-refractivity contribution in [2.45, 2.75) is 40.5 Å². The summed E-state index contributed by atoms with van der Waals surface area (Å²) in [6, 6.07) is -0.719. The third-order valence-corrected chi connectivity index (χ3v) is 4.66. The van der Waals surface area contributed by atoms with E-state index in [1.54, 1.807) is 6.92 Å². The van der Waals surface area contributed by atoms with Crippen molar-refractivity contribution < 1.29 is 14.7 Å². The molecule has 1 saturated carbocycles. The SMILES string of the molecule is CC(=NNC(N)=O)[C@]1(C)CC[C@@H](C(=O)O)C1(C)C. The molecule has 0 aromatic heterocycles. The Morgan fingerprint density at radius 3 is 2.33 bits per heavy atom. The second kappa shape index (κ2) is 4.59. The summed E-state index contributed by atoms with van der Waals surface area (Å²) in [5, 5.41) is 13.2. The van der Waals surface area contributed by atoms with Crippen molar-refractivity contribution in [3.63, 3.8) is 0 Å². The molecule has 0 bridgehead atoms. The van der Waals surface area contributed by atoms with Crippen LogP contribution in [0.5, 0.6) is 0 Å². The van der Waals surface area contributed by atoms with Gasteiger partial charge in [0.05, 0.1) is 5.92 Å². The van der Waals surface area contributed by atoms with Crippen LogP contribution >= 0.6 is 0 Å².